The number of carbonyl (C=O) groups excluding carboxylic acids is 1. The number of aromatic nitrogens is 4. The molecule has 0 aliphatic carbocycles. The molecule has 1 amide bonds. The summed E-state index contributed by atoms with van der Waals surface area (Å²) >= 11 is 0. The minimum Gasteiger partial charge on any atom is -0.379 e. The van der Waals surface area contributed by atoms with Crippen LogP contribution in [-0.2, 0) is 25.5 Å². The molecule has 0 bridgehead atoms. The fourth-order valence-electron chi connectivity index (χ4n) is 5.31. The number of morpholine rings is 1. The van der Waals surface area contributed by atoms with Crippen molar-refractivity contribution in [1.29, 1.82) is 0 Å². The SMILES string of the molecule is CC1(C(=O)NCc2ccccc2)COC(c2nc(-c3ccc(F)cc3)c(-c3ccnc(NCCCN4CCOCC4)n3)[nH]2)OC1. The summed E-state index contributed by atoms with van der Waals surface area (Å²) in [6, 6.07) is 17.6. The van der Waals surface area contributed by atoms with Gasteiger partial charge in [-0.3, -0.25) is 9.69 Å². The van der Waals surface area contributed by atoms with E-state index in [-0.39, 0.29) is 24.9 Å². The lowest BCUT2D eigenvalue weighted by molar-refractivity contribution is -0.231. The molecule has 2 aliphatic heterocycles. The Morgan fingerprint density at radius 3 is 2.56 bits per heavy atom. The van der Waals surface area contributed by atoms with Gasteiger partial charge in [0, 0.05) is 37.9 Å². The molecule has 0 radical (unpaired) electrons. The topological polar surface area (TPSA) is 127 Å². The molecule has 0 saturated carbocycles. The maximum atomic E-state index is 13.8. The number of anilines is 1. The van der Waals surface area contributed by atoms with Gasteiger partial charge in [0.1, 0.15) is 5.82 Å². The molecule has 2 aliphatic rings. The third-order valence-electron chi connectivity index (χ3n) is 7.96. The predicted molar refractivity (Wildman–Crippen MR) is 166 cm³/mol. The van der Waals surface area contributed by atoms with Gasteiger partial charge < -0.3 is 29.8 Å². The smallest absolute Gasteiger partial charge is 0.230 e. The molecular formula is C33H38FN7O4. The Kier molecular flexibility index (Phi) is 9.75. The van der Waals surface area contributed by atoms with Gasteiger partial charge in [0.15, 0.2) is 5.82 Å². The summed E-state index contributed by atoms with van der Waals surface area (Å²) in [5.74, 6) is 0.432. The van der Waals surface area contributed by atoms with Crippen molar-refractivity contribution in [2.45, 2.75) is 26.2 Å². The van der Waals surface area contributed by atoms with Crippen molar-refractivity contribution in [2.24, 2.45) is 5.41 Å². The van der Waals surface area contributed by atoms with E-state index < -0.39 is 11.7 Å². The van der Waals surface area contributed by atoms with Crippen molar-refractivity contribution in [3.63, 3.8) is 0 Å². The van der Waals surface area contributed by atoms with Gasteiger partial charge in [0.25, 0.3) is 0 Å². The van der Waals surface area contributed by atoms with Crippen molar-refractivity contribution < 1.29 is 23.4 Å². The van der Waals surface area contributed by atoms with Crippen molar-refractivity contribution >= 4 is 11.9 Å². The number of rotatable bonds is 11. The van der Waals surface area contributed by atoms with E-state index in [0.29, 0.717) is 41.0 Å². The molecule has 4 heterocycles. The summed E-state index contributed by atoms with van der Waals surface area (Å²) in [6.07, 6.45) is 1.81. The maximum absolute atomic E-state index is 13.8. The van der Waals surface area contributed by atoms with Crippen LogP contribution in [0.25, 0.3) is 22.6 Å². The third-order valence-corrected chi connectivity index (χ3v) is 7.96. The summed E-state index contributed by atoms with van der Waals surface area (Å²) in [4.78, 5) is 32.7. The molecule has 2 fully saturated rings. The molecule has 45 heavy (non-hydrogen) atoms. The summed E-state index contributed by atoms with van der Waals surface area (Å²) in [7, 11) is 0. The van der Waals surface area contributed by atoms with E-state index in [2.05, 4.69) is 25.5 Å². The molecule has 0 atom stereocenters. The number of nitrogens with zero attached hydrogens (tertiary/aromatic N) is 4. The number of amides is 1. The van der Waals surface area contributed by atoms with E-state index in [1.165, 1.54) is 12.1 Å². The average Bonchev–Trinajstić information content (AvgIpc) is 3.53. The zero-order valence-corrected chi connectivity index (χ0v) is 25.3. The zero-order chi connectivity index (χ0) is 31.1. The van der Waals surface area contributed by atoms with Crippen LogP contribution in [0, 0.1) is 11.2 Å². The molecule has 3 N–H and O–H groups in total. The van der Waals surface area contributed by atoms with Gasteiger partial charge in [-0.15, -0.1) is 0 Å². The fraction of sp³-hybridized carbons (Fsp3) is 0.394. The second kappa shape index (κ2) is 14.2. The lowest BCUT2D eigenvalue weighted by Gasteiger charge is -2.35. The number of hydrogen-bond donors (Lipinski definition) is 3. The van der Waals surface area contributed by atoms with E-state index >= 15 is 0 Å². The second-order valence-electron chi connectivity index (χ2n) is 11.5. The number of aromatic amines is 1. The van der Waals surface area contributed by atoms with Crippen LogP contribution in [0.4, 0.5) is 10.3 Å². The Morgan fingerprint density at radius 1 is 1.04 bits per heavy atom. The monoisotopic (exact) mass is 615 g/mol. The van der Waals surface area contributed by atoms with Crippen LogP contribution < -0.4 is 10.6 Å². The number of imidazole rings is 1. The average molecular weight is 616 g/mol. The highest BCUT2D eigenvalue weighted by Gasteiger charge is 2.40. The number of ether oxygens (including phenoxy) is 3. The number of benzene rings is 2. The van der Waals surface area contributed by atoms with Crippen LogP contribution in [0.15, 0.2) is 66.9 Å². The molecule has 6 rings (SSSR count). The number of H-pyrrole nitrogens is 1. The Bertz CT molecular complexity index is 1550. The van der Waals surface area contributed by atoms with Gasteiger partial charge in [-0.2, -0.15) is 0 Å². The minimum absolute atomic E-state index is 0.145. The second-order valence-corrected chi connectivity index (χ2v) is 11.5. The maximum Gasteiger partial charge on any atom is 0.230 e. The van der Waals surface area contributed by atoms with Crippen LogP contribution in [0.1, 0.15) is 31.0 Å². The van der Waals surface area contributed by atoms with Crippen molar-refractivity contribution in [1.82, 2.24) is 30.2 Å². The number of halogens is 1. The Morgan fingerprint density at radius 2 is 1.80 bits per heavy atom. The summed E-state index contributed by atoms with van der Waals surface area (Å²) in [5, 5.41) is 6.30. The molecule has 236 valence electrons. The number of nitrogens with one attached hydrogen (secondary N) is 3. The highest BCUT2D eigenvalue weighted by molar-refractivity contribution is 5.82. The molecule has 12 heteroatoms. The van der Waals surface area contributed by atoms with Crippen LogP contribution >= 0.6 is 0 Å². The summed E-state index contributed by atoms with van der Waals surface area (Å²) in [5.41, 5.74) is 2.65. The minimum atomic E-state index is -0.866. The summed E-state index contributed by atoms with van der Waals surface area (Å²) < 4.78 is 31.3. The van der Waals surface area contributed by atoms with Gasteiger partial charge in [-0.1, -0.05) is 30.3 Å². The van der Waals surface area contributed by atoms with Gasteiger partial charge in [-0.05, 0) is 55.8 Å². The van der Waals surface area contributed by atoms with Crippen molar-refractivity contribution in [2.75, 3.05) is 57.9 Å². The van der Waals surface area contributed by atoms with Crippen LogP contribution in [0.3, 0.4) is 0 Å². The number of carbonyl (C=O) groups is 1. The Balaban J connectivity index is 1.15. The fourth-order valence-corrected chi connectivity index (χ4v) is 5.31. The molecule has 0 spiro atoms. The normalized spacial score (nSPS) is 20.5. The number of hydrogen-bond acceptors (Lipinski definition) is 9. The van der Waals surface area contributed by atoms with Crippen molar-refractivity contribution in [3.05, 3.63) is 84.1 Å². The van der Waals surface area contributed by atoms with E-state index in [1.54, 1.807) is 24.4 Å². The van der Waals surface area contributed by atoms with Crippen molar-refractivity contribution in [3.8, 4) is 22.6 Å². The summed E-state index contributed by atoms with van der Waals surface area (Å²) in [6.45, 7) is 7.69. The van der Waals surface area contributed by atoms with E-state index in [0.717, 1.165) is 51.4 Å². The lowest BCUT2D eigenvalue weighted by atomic mass is 9.91. The first-order valence-electron chi connectivity index (χ1n) is 15.3. The lowest BCUT2D eigenvalue weighted by Crippen LogP contribution is -2.48. The van der Waals surface area contributed by atoms with Gasteiger partial charge in [0.05, 0.1) is 48.9 Å². The van der Waals surface area contributed by atoms with Gasteiger partial charge >= 0.3 is 0 Å². The molecule has 2 aromatic carbocycles. The van der Waals surface area contributed by atoms with E-state index in [1.807, 2.05) is 37.3 Å². The predicted octanol–water partition coefficient (Wildman–Crippen LogP) is 4.18. The van der Waals surface area contributed by atoms with Crippen LogP contribution in [0.5, 0.6) is 0 Å². The molecule has 2 saturated heterocycles. The molecule has 11 nitrogen and oxygen atoms in total. The van der Waals surface area contributed by atoms with E-state index in [4.69, 9.17) is 24.2 Å². The van der Waals surface area contributed by atoms with Crippen LogP contribution in [0.2, 0.25) is 0 Å². The van der Waals surface area contributed by atoms with Gasteiger partial charge in [-0.25, -0.2) is 19.3 Å². The largest absolute Gasteiger partial charge is 0.379 e. The molecular weight excluding hydrogens is 577 g/mol. The molecule has 2 aromatic heterocycles. The first-order valence-corrected chi connectivity index (χ1v) is 15.3. The quantitative estimate of drug-likeness (QED) is 0.213. The van der Waals surface area contributed by atoms with Gasteiger partial charge in [0.2, 0.25) is 18.1 Å². The Hall–Kier alpha value is -4.23. The van der Waals surface area contributed by atoms with Crippen LogP contribution in [-0.4, -0.2) is 83.3 Å². The highest BCUT2D eigenvalue weighted by Crippen LogP contribution is 2.35. The first kappa shape index (κ1) is 30.8. The zero-order valence-electron chi connectivity index (χ0n) is 25.3. The molecule has 0 unspecified atom stereocenters. The Labute approximate surface area is 261 Å². The first-order chi connectivity index (χ1) is 22.0. The van der Waals surface area contributed by atoms with E-state index in [9.17, 15) is 9.18 Å². The standard InChI is InChI=1S/C33H38FN7O4/c1-33(31(42)37-20-23-6-3-2-4-7-23)21-44-30(45-22-33)29-39-27(24-8-10-25(34)11-9-24)28(40-29)26-12-14-36-32(38-26)35-13-5-15-41-16-18-43-19-17-41/h2-4,6-12,14,30H,5,13,15-22H2,1H3,(H,37,42)(H,39,40)(H,35,36,38). The third kappa shape index (κ3) is 7.71. The highest BCUT2D eigenvalue weighted by atomic mass is 19.1. The molecule has 4 aromatic rings.